The van der Waals surface area contributed by atoms with E-state index < -0.39 is 0 Å². The van der Waals surface area contributed by atoms with E-state index in [9.17, 15) is 4.79 Å². The van der Waals surface area contributed by atoms with Crippen molar-refractivity contribution in [2.75, 3.05) is 20.1 Å². The molecule has 7 heteroatoms. The number of nitrogens with zero attached hydrogens (tertiary/aromatic N) is 1. The molecule has 3 N–H and O–H groups in total. The van der Waals surface area contributed by atoms with Gasteiger partial charge in [-0.1, -0.05) is 31.4 Å². The fourth-order valence-corrected chi connectivity index (χ4v) is 3.11. The van der Waals surface area contributed by atoms with Gasteiger partial charge in [-0.3, -0.25) is 9.79 Å². The number of benzene rings is 1. The molecule has 1 atom stereocenters. The van der Waals surface area contributed by atoms with E-state index >= 15 is 0 Å². The summed E-state index contributed by atoms with van der Waals surface area (Å²) in [6.45, 7) is 4.86. The van der Waals surface area contributed by atoms with Crippen LogP contribution in [0.15, 0.2) is 29.3 Å². The second-order valence-electron chi connectivity index (χ2n) is 6.95. The van der Waals surface area contributed by atoms with Gasteiger partial charge in [-0.15, -0.1) is 24.0 Å². The van der Waals surface area contributed by atoms with E-state index in [2.05, 4.69) is 20.9 Å². The number of amides is 1. The molecule has 0 saturated heterocycles. The zero-order valence-electron chi connectivity index (χ0n) is 16.6. The van der Waals surface area contributed by atoms with Crippen LogP contribution in [-0.2, 0) is 4.79 Å². The quantitative estimate of drug-likeness (QED) is 0.314. The lowest BCUT2D eigenvalue weighted by atomic mass is 9.95. The molecule has 2 rings (SSSR count). The summed E-state index contributed by atoms with van der Waals surface area (Å²) in [5, 5.41) is 9.35. The second kappa shape index (κ2) is 12.8. The van der Waals surface area contributed by atoms with Crippen molar-refractivity contribution in [3.63, 3.8) is 0 Å². The molecule has 1 fully saturated rings. The van der Waals surface area contributed by atoms with Gasteiger partial charge >= 0.3 is 0 Å². The standard InChI is InChI=1S/C20H32N4O2.HI/c1-15-8-7-11-18(12-15)26-16(2)13-22-20(21-3)23-14-19(25)24-17-9-5-4-6-10-17;/h7-8,11-12,16-17H,4-6,9-10,13-14H2,1-3H3,(H,24,25)(H2,21,22,23);1H. The highest BCUT2D eigenvalue weighted by atomic mass is 127. The molecule has 1 aromatic rings. The molecule has 152 valence electrons. The summed E-state index contributed by atoms with van der Waals surface area (Å²) in [7, 11) is 1.69. The molecule has 0 aromatic heterocycles. The number of aliphatic imine (C=N–C) groups is 1. The summed E-state index contributed by atoms with van der Waals surface area (Å²) in [5.41, 5.74) is 1.17. The normalized spacial score (nSPS) is 16.0. The molecule has 0 bridgehead atoms. The largest absolute Gasteiger partial charge is 0.489 e. The van der Waals surface area contributed by atoms with Gasteiger partial charge in [0.2, 0.25) is 5.91 Å². The van der Waals surface area contributed by atoms with Crippen LogP contribution in [-0.4, -0.2) is 44.1 Å². The molecule has 0 heterocycles. The number of hydrogen-bond acceptors (Lipinski definition) is 3. The SMILES string of the molecule is CN=C(NCC(=O)NC1CCCCC1)NCC(C)Oc1cccc(C)c1.I. The minimum atomic E-state index is -0.0218. The van der Waals surface area contributed by atoms with Gasteiger partial charge in [0.15, 0.2) is 5.96 Å². The number of carbonyl (C=O) groups is 1. The molecule has 1 saturated carbocycles. The Morgan fingerprint density at radius 2 is 2.00 bits per heavy atom. The molecule has 0 spiro atoms. The van der Waals surface area contributed by atoms with Crippen LogP contribution in [0.2, 0.25) is 0 Å². The third kappa shape index (κ3) is 9.30. The third-order valence-electron chi connectivity index (χ3n) is 4.49. The van der Waals surface area contributed by atoms with Crippen molar-refractivity contribution >= 4 is 35.8 Å². The van der Waals surface area contributed by atoms with E-state index in [1.54, 1.807) is 7.05 Å². The van der Waals surface area contributed by atoms with Crippen LogP contribution in [0.4, 0.5) is 0 Å². The topological polar surface area (TPSA) is 74.8 Å². The maximum atomic E-state index is 12.1. The first kappa shape index (κ1) is 23.5. The van der Waals surface area contributed by atoms with E-state index in [1.807, 2.05) is 38.1 Å². The molecular formula is C20H33IN4O2. The van der Waals surface area contributed by atoms with Crippen molar-refractivity contribution in [2.24, 2.45) is 4.99 Å². The first-order valence-electron chi connectivity index (χ1n) is 9.54. The number of nitrogens with one attached hydrogen (secondary N) is 3. The molecule has 1 aliphatic carbocycles. The molecule has 1 amide bonds. The lowest BCUT2D eigenvalue weighted by Gasteiger charge is -2.23. The Balaban J connectivity index is 0.00000364. The zero-order valence-corrected chi connectivity index (χ0v) is 18.9. The van der Waals surface area contributed by atoms with Crippen LogP contribution in [0.1, 0.15) is 44.6 Å². The Kier molecular flexibility index (Phi) is 11.2. The first-order chi connectivity index (χ1) is 12.6. The number of halogens is 1. The van der Waals surface area contributed by atoms with E-state index in [0.717, 1.165) is 18.6 Å². The minimum absolute atomic E-state index is 0. The summed E-state index contributed by atoms with van der Waals surface area (Å²) in [6.07, 6.45) is 5.86. The van der Waals surface area contributed by atoms with Gasteiger partial charge in [0.1, 0.15) is 11.9 Å². The van der Waals surface area contributed by atoms with E-state index in [4.69, 9.17) is 4.74 Å². The van der Waals surface area contributed by atoms with Crippen LogP contribution < -0.4 is 20.7 Å². The van der Waals surface area contributed by atoms with Gasteiger partial charge in [-0.25, -0.2) is 0 Å². The Morgan fingerprint density at radius 1 is 1.26 bits per heavy atom. The third-order valence-corrected chi connectivity index (χ3v) is 4.49. The molecule has 0 radical (unpaired) electrons. The second-order valence-corrected chi connectivity index (χ2v) is 6.95. The van der Waals surface area contributed by atoms with Crippen molar-refractivity contribution in [3.05, 3.63) is 29.8 Å². The van der Waals surface area contributed by atoms with Crippen LogP contribution >= 0.6 is 24.0 Å². The summed E-state index contributed by atoms with van der Waals surface area (Å²) >= 11 is 0. The molecular weight excluding hydrogens is 455 g/mol. The van der Waals surface area contributed by atoms with E-state index in [-0.39, 0.29) is 42.5 Å². The fraction of sp³-hybridized carbons (Fsp3) is 0.600. The Morgan fingerprint density at radius 3 is 2.67 bits per heavy atom. The van der Waals surface area contributed by atoms with Crippen LogP contribution in [0.3, 0.4) is 0 Å². The Labute approximate surface area is 179 Å². The summed E-state index contributed by atoms with van der Waals surface area (Å²) < 4.78 is 5.89. The molecule has 6 nitrogen and oxygen atoms in total. The predicted molar refractivity (Wildman–Crippen MR) is 121 cm³/mol. The number of carbonyl (C=O) groups excluding carboxylic acids is 1. The van der Waals surface area contributed by atoms with Gasteiger partial charge in [-0.05, 0) is 44.4 Å². The highest BCUT2D eigenvalue weighted by Crippen LogP contribution is 2.17. The van der Waals surface area contributed by atoms with Gasteiger partial charge in [0, 0.05) is 13.1 Å². The molecule has 1 aliphatic rings. The predicted octanol–water partition coefficient (Wildman–Crippen LogP) is 2.99. The fourth-order valence-electron chi connectivity index (χ4n) is 3.11. The molecule has 0 aliphatic heterocycles. The Bertz CT molecular complexity index is 603. The monoisotopic (exact) mass is 488 g/mol. The van der Waals surface area contributed by atoms with Crippen molar-refractivity contribution < 1.29 is 9.53 Å². The number of hydrogen-bond donors (Lipinski definition) is 3. The van der Waals surface area contributed by atoms with Crippen molar-refractivity contribution in [3.8, 4) is 5.75 Å². The lowest BCUT2D eigenvalue weighted by Crippen LogP contribution is -2.47. The Hall–Kier alpha value is -1.51. The van der Waals surface area contributed by atoms with Crippen molar-refractivity contribution in [1.82, 2.24) is 16.0 Å². The number of aryl methyl sites for hydroxylation is 1. The van der Waals surface area contributed by atoms with Crippen molar-refractivity contribution in [1.29, 1.82) is 0 Å². The highest BCUT2D eigenvalue weighted by Gasteiger charge is 2.15. The van der Waals surface area contributed by atoms with Crippen LogP contribution in [0.5, 0.6) is 5.75 Å². The molecule has 1 unspecified atom stereocenters. The lowest BCUT2D eigenvalue weighted by molar-refractivity contribution is -0.120. The highest BCUT2D eigenvalue weighted by molar-refractivity contribution is 14.0. The number of guanidine groups is 1. The minimum Gasteiger partial charge on any atom is -0.489 e. The van der Waals surface area contributed by atoms with Crippen LogP contribution in [0.25, 0.3) is 0 Å². The van der Waals surface area contributed by atoms with Crippen LogP contribution in [0, 0.1) is 6.92 Å². The maximum Gasteiger partial charge on any atom is 0.239 e. The van der Waals surface area contributed by atoms with Gasteiger partial charge in [0.05, 0.1) is 13.1 Å². The zero-order chi connectivity index (χ0) is 18.8. The number of ether oxygens (including phenoxy) is 1. The van der Waals surface area contributed by atoms with E-state index in [0.29, 0.717) is 18.5 Å². The average molecular weight is 488 g/mol. The van der Waals surface area contributed by atoms with Gasteiger partial charge < -0.3 is 20.7 Å². The van der Waals surface area contributed by atoms with Crippen molar-refractivity contribution in [2.45, 2.75) is 58.1 Å². The first-order valence-corrected chi connectivity index (χ1v) is 9.54. The molecule has 1 aromatic carbocycles. The summed E-state index contributed by atoms with van der Waals surface area (Å²) in [5.74, 6) is 1.47. The maximum absolute atomic E-state index is 12.1. The number of rotatable bonds is 7. The average Bonchev–Trinajstić information content (AvgIpc) is 2.62. The smallest absolute Gasteiger partial charge is 0.239 e. The summed E-state index contributed by atoms with van der Waals surface area (Å²) in [6, 6.07) is 8.32. The summed E-state index contributed by atoms with van der Waals surface area (Å²) in [4.78, 5) is 16.2. The molecule has 27 heavy (non-hydrogen) atoms. The van der Waals surface area contributed by atoms with E-state index in [1.165, 1.54) is 24.8 Å². The van der Waals surface area contributed by atoms with Gasteiger partial charge in [0.25, 0.3) is 0 Å². The van der Waals surface area contributed by atoms with Gasteiger partial charge in [-0.2, -0.15) is 0 Å².